The Hall–Kier alpha value is -3.91. The Bertz CT molecular complexity index is 899. The lowest BCUT2D eigenvalue weighted by molar-refractivity contribution is -0.870. The summed E-state index contributed by atoms with van der Waals surface area (Å²) >= 11 is 0. The molecule has 0 aromatic heterocycles. The molecule has 0 bridgehead atoms. The molecular weight excluding hydrogens is 514 g/mol. The highest BCUT2D eigenvalue weighted by molar-refractivity contribution is 5.93. The molecule has 0 saturated heterocycles. The Balaban J connectivity index is 4.92. The molecule has 16 nitrogen and oxygen atoms in total. The van der Waals surface area contributed by atoms with E-state index in [1.54, 1.807) is 0 Å². The van der Waals surface area contributed by atoms with Gasteiger partial charge in [0.25, 0.3) is 0 Å². The molecule has 39 heavy (non-hydrogen) atoms. The SMILES string of the molecule is C[N+](C)(C)CCCC[C@H](NC(=O)CN=[N+]=[N-])C(=O)NCC(=O)N[C@@H](CC(=O)O)C(=O)NCCCCCC(N)=O. The smallest absolute Gasteiger partial charge is 0.305 e. The second kappa shape index (κ2) is 19.2. The van der Waals surface area contributed by atoms with Crippen molar-refractivity contribution in [3.05, 3.63) is 10.4 Å². The Morgan fingerprint density at radius 1 is 0.897 bits per heavy atom. The van der Waals surface area contributed by atoms with Gasteiger partial charge in [0.05, 0.1) is 40.7 Å². The number of carbonyl (C=O) groups excluding carboxylic acids is 5. The van der Waals surface area contributed by atoms with Gasteiger partial charge < -0.3 is 36.6 Å². The molecule has 0 aromatic rings. The fourth-order valence-electron chi connectivity index (χ4n) is 3.39. The van der Waals surface area contributed by atoms with Crippen LogP contribution in [-0.2, 0) is 28.8 Å². The van der Waals surface area contributed by atoms with E-state index < -0.39 is 67.1 Å². The van der Waals surface area contributed by atoms with Gasteiger partial charge in [-0.3, -0.25) is 28.8 Å². The highest BCUT2D eigenvalue weighted by Gasteiger charge is 2.25. The number of nitrogens with one attached hydrogen (secondary N) is 4. The molecule has 5 amide bonds. The molecule has 0 saturated carbocycles. The number of carboxylic acid groups (broad SMARTS) is 1. The van der Waals surface area contributed by atoms with Crippen molar-refractivity contribution in [3.63, 3.8) is 0 Å². The fraction of sp³-hybridized carbons (Fsp3) is 0.739. The molecule has 16 heteroatoms. The predicted molar refractivity (Wildman–Crippen MR) is 141 cm³/mol. The van der Waals surface area contributed by atoms with Gasteiger partial charge in [0.15, 0.2) is 0 Å². The number of hydrogen-bond donors (Lipinski definition) is 6. The minimum absolute atomic E-state index is 0.214. The Morgan fingerprint density at radius 3 is 2.13 bits per heavy atom. The third-order valence-corrected chi connectivity index (χ3v) is 5.35. The second-order valence-corrected chi connectivity index (χ2v) is 10.0. The van der Waals surface area contributed by atoms with Gasteiger partial charge >= 0.3 is 5.97 Å². The number of amides is 5. The molecule has 220 valence electrons. The number of nitrogens with two attached hydrogens (primary N) is 1. The summed E-state index contributed by atoms with van der Waals surface area (Å²) in [4.78, 5) is 73.9. The Kier molecular flexibility index (Phi) is 17.3. The zero-order chi connectivity index (χ0) is 29.8. The zero-order valence-corrected chi connectivity index (χ0v) is 22.9. The molecule has 0 unspecified atom stereocenters. The van der Waals surface area contributed by atoms with Crippen molar-refractivity contribution in [3.8, 4) is 0 Å². The van der Waals surface area contributed by atoms with E-state index in [4.69, 9.17) is 16.4 Å². The van der Waals surface area contributed by atoms with Crippen LogP contribution in [-0.4, -0.2) is 105 Å². The van der Waals surface area contributed by atoms with Gasteiger partial charge in [-0.2, -0.15) is 0 Å². The van der Waals surface area contributed by atoms with Crippen LogP contribution in [0.1, 0.15) is 51.4 Å². The van der Waals surface area contributed by atoms with E-state index in [9.17, 15) is 28.8 Å². The normalized spacial score (nSPS) is 12.3. The number of quaternary nitrogens is 1. The van der Waals surface area contributed by atoms with Crippen LogP contribution in [0, 0.1) is 0 Å². The van der Waals surface area contributed by atoms with Crippen molar-refractivity contribution in [1.29, 1.82) is 0 Å². The standard InChI is InChI=1S/C23H41N9O7/c1-32(2,3)12-8-6-9-16(29-20(35)15-28-31-25)22(38)27-14-19(34)30-17(13-21(36)37)23(39)26-11-7-4-5-10-18(24)33/h16-17H,4-15H2,1-3H3,(H6-,24,26,27,29,30,33,34,35,36,37,38,39)/p+1/t16-,17-/m0/s1. The maximum absolute atomic E-state index is 12.7. The number of carbonyl (C=O) groups is 6. The van der Waals surface area contributed by atoms with E-state index in [1.165, 1.54) is 0 Å². The summed E-state index contributed by atoms with van der Waals surface area (Å²) in [6.07, 6.45) is 2.93. The van der Waals surface area contributed by atoms with Crippen molar-refractivity contribution in [2.75, 3.05) is 47.3 Å². The van der Waals surface area contributed by atoms with Crippen LogP contribution in [0.25, 0.3) is 10.4 Å². The Labute approximate surface area is 227 Å². The number of nitrogens with zero attached hydrogens (tertiary/aromatic N) is 4. The third-order valence-electron chi connectivity index (χ3n) is 5.35. The number of azide groups is 1. The first-order chi connectivity index (χ1) is 18.2. The molecule has 0 aliphatic carbocycles. The van der Waals surface area contributed by atoms with Gasteiger partial charge in [-0.25, -0.2) is 0 Å². The van der Waals surface area contributed by atoms with Crippen molar-refractivity contribution in [1.82, 2.24) is 21.3 Å². The van der Waals surface area contributed by atoms with Crippen LogP contribution in [0.5, 0.6) is 0 Å². The predicted octanol–water partition coefficient (Wildman–Crippen LogP) is -1.10. The van der Waals surface area contributed by atoms with E-state index in [1.807, 2.05) is 21.1 Å². The van der Waals surface area contributed by atoms with Gasteiger partial charge in [-0.15, -0.1) is 0 Å². The third kappa shape index (κ3) is 19.8. The van der Waals surface area contributed by atoms with E-state index in [0.29, 0.717) is 25.7 Å². The van der Waals surface area contributed by atoms with Crippen molar-refractivity contribution in [2.45, 2.75) is 63.5 Å². The van der Waals surface area contributed by atoms with E-state index >= 15 is 0 Å². The van der Waals surface area contributed by atoms with Gasteiger partial charge in [0, 0.05) is 17.9 Å². The summed E-state index contributed by atoms with van der Waals surface area (Å²) in [6.45, 7) is 0.00315. The fourth-order valence-corrected chi connectivity index (χ4v) is 3.39. The van der Waals surface area contributed by atoms with Crippen LogP contribution in [0.3, 0.4) is 0 Å². The largest absolute Gasteiger partial charge is 0.481 e. The summed E-state index contributed by atoms with van der Waals surface area (Å²) in [6, 6.07) is -2.35. The van der Waals surface area contributed by atoms with E-state index in [-0.39, 0.29) is 19.4 Å². The Morgan fingerprint density at radius 2 is 1.54 bits per heavy atom. The van der Waals surface area contributed by atoms with Gasteiger partial charge in [0.1, 0.15) is 18.6 Å². The molecule has 7 N–H and O–H groups in total. The highest BCUT2D eigenvalue weighted by atomic mass is 16.4. The average Bonchev–Trinajstić information content (AvgIpc) is 2.83. The molecule has 0 aromatic carbocycles. The molecule has 0 heterocycles. The topological polar surface area (TPSA) is 246 Å². The average molecular weight is 557 g/mol. The first-order valence-corrected chi connectivity index (χ1v) is 12.7. The molecular formula is C23H42N9O7+. The van der Waals surface area contributed by atoms with Gasteiger partial charge in [0.2, 0.25) is 29.5 Å². The number of rotatable bonds is 21. The molecule has 0 aliphatic heterocycles. The van der Waals surface area contributed by atoms with Crippen LogP contribution in [0.2, 0.25) is 0 Å². The summed E-state index contributed by atoms with van der Waals surface area (Å²) in [5.74, 6) is -4.53. The lowest BCUT2D eigenvalue weighted by atomic mass is 10.1. The van der Waals surface area contributed by atoms with Crippen molar-refractivity contribution >= 4 is 35.5 Å². The summed E-state index contributed by atoms with van der Waals surface area (Å²) in [5, 5.41) is 22.0. The van der Waals surface area contributed by atoms with Crippen LogP contribution in [0.4, 0.5) is 0 Å². The van der Waals surface area contributed by atoms with Crippen molar-refractivity contribution < 1.29 is 38.4 Å². The quantitative estimate of drug-likeness (QED) is 0.0334. The molecule has 0 aliphatic rings. The summed E-state index contributed by atoms with van der Waals surface area (Å²) < 4.78 is 0.723. The van der Waals surface area contributed by atoms with Gasteiger partial charge in [-0.05, 0) is 37.6 Å². The van der Waals surface area contributed by atoms with E-state index in [0.717, 1.165) is 17.4 Å². The number of carboxylic acids is 1. The lowest BCUT2D eigenvalue weighted by Gasteiger charge is -2.24. The summed E-state index contributed by atoms with van der Waals surface area (Å²) in [7, 11) is 6.07. The van der Waals surface area contributed by atoms with E-state index in [2.05, 4.69) is 31.3 Å². The first-order valence-electron chi connectivity index (χ1n) is 12.7. The maximum atomic E-state index is 12.7. The van der Waals surface area contributed by atoms with Crippen LogP contribution < -0.4 is 27.0 Å². The molecule has 0 rings (SSSR count). The van der Waals surface area contributed by atoms with Crippen LogP contribution >= 0.6 is 0 Å². The summed E-state index contributed by atoms with van der Waals surface area (Å²) in [5.41, 5.74) is 13.5. The molecule has 0 fully saturated rings. The number of hydrogen-bond acceptors (Lipinski definition) is 7. The lowest BCUT2D eigenvalue weighted by Crippen LogP contribution is -2.53. The minimum atomic E-state index is -1.37. The molecule has 0 spiro atoms. The highest BCUT2D eigenvalue weighted by Crippen LogP contribution is 2.05. The van der Waals surface area contributed by atoms with Crippen molar-refractivity contribution in [2.24, 2.45) is 10.8 Å². The van der Waals surface area contributed by atoms with Crippen LogP contribution in [0.15, 0.2) is 5.11 Å². The zero-order valence-electron chi connectivity index (χ0n) is 22.9. The number of unbranched alkanes of at least 4 members (excludes halogenated alkanes) is 3. The molecule has 2 atom stereocenters. The maximum Gasteiger partial charge on any atom is 0.305 e. The number of primary amides is 1. The monoisotopic (exact) mass is 556 g/mol. The first kappa shape index (κ1) is 35.1. The number of aliphatic carboxylic acids is 1. The van der Waals surface area contributed by atoms with Gasteiger partial charge in [-0.1, -0.05) is 11.5 Å². The second-order valence-electron chi connectivity index (χ2n) is 10.0. The molecule has 0 radical (unpaired) electrons. The minimum Gasteiger partial charge on any atom is -0.481 e.